The molecule has 0 saturated heterocycles. The van der Waals surface area contributed by atoms with Crippen LogP contribution in [0.25, 0.3) is 0 Å². The Bertz CT molecular complexity index is 261. The van der Waals surface area contributed by atoms with Crippen LogP contribution in [0.5, 0.6) is 0 Å². The summed E-state index contributed by atoms with van der Waals surface area (Å²) in [6.07, 6.45) is 1.65. The Morgan fingerprint density at radius 2 is 2.15 bits per heavy atom. The van der Waals surface area contributed by atoms with Crippen molar-refractivity contribution in [2.75, 3.05) is 0 Å². The second-order valence-corrected chi connectivity index (χ2v) is 4.83. The molecule has 72 valence electrons. The second kappa shape index (κ2) is 4.84. The summed E-state index contributed by atoms with van der Waals surface area (Å²) in [6.45, 7) is 4.08. The first-order valence-electron chi connectivity index (χ1n) is 4.13. The summed E-state index contributed by atoms with van der Waals surface area (Å²) in [5.41, 5.74) is 5.74. The summed E-state index contributed by atoms with van der Waals surface area (Å²) in [6, 6.07) is 3.92. The van der Waals surface area contributed by atoms with Crippen LogP contribution in [0.3, 0.4) is 0 Å². The van der Waals surface area contributed by atoms with Crippen molar-refractivity contribution in [3.63, 3.8) is 0 Å². The standard InChI is InChI=1S/C9H13ClN2S/c1-6(11)7(2)13-9-4-3-8(10)5-12-9/h3-7H,11H2,1-2H3. The molecule has 0 amide bonds. The summed E-state index contributed by atoms with van der Waals surface area (Å²) in [4.78, 5) is 4.18. The maximum absolute atomic E-state index is 5.74. The fourth-order valence-electron chi connectivity index (χ4n) is 0.730. The molecule has 0 spiro atoms. The van der Waals surface area contributed by atoms with Gasteiger partial charge in [0.1, 0.15) is 0 Å². The molecule has 1 aromatic heterocycles. The zero-order valence-corrected chi connectivity index (χ0v) is 9.27. The van der Waals surface area contributed by atoms with Crippen molar-refractivity contribution in [2.24, 2.45) is 5.73 Å². The van der Waals surface area contributed by atoms with Crippen molar-refractivity contribution < 1.29 is 0 Å². The quantitative estimate of drug-likeness (QED) is 0.790. The normalized spacial score (nSPS) is 15.4. The fourth-order valence-corrected chi connectivity index (χ4v) is 1.70. The minimum absolute atomic E-state index is 0.169. The van der Waals surface area contributed by atoms with Gasteiger partial charge in [-0.25, -0.2) is 4.98 Å². The molecule has 0 aliphatic heterocycles. The van der Waals surface area contributed by atoms with Crippen LogP contribution in [0, 0.1) is 0 Å². The lowest BCUT2D eigenvalue weighted by atomic mass is 10.3. The van der Waals surface area contributed by atoms with Crippen molar-refractivity contribution in [3.05, 3.63) is 23.4 Å². The van der Waals surface area contributed by atoms with Gasteiger partial charge in [-0.2, -0.15) is 0 Å². The van der Waals surface area contributed by atoms with Crippen molar-refractivity contribution in [2.45, 2.75) is 30.2 Å². The van der Waals surface area contributed by atoms with Crippen molar-refractivity contribution in [3.8, 4) is 0 Å². The highest BCUT2D eigenvalue weighted by Crippen LogP contribution is 2.23. The number of aromatic nitrogens is 1. The van der Waals surface area contributed by atoms with Crippen molar-refractivity contribution in [1.82, 2.24) is 4.98 Å². The first-order chi connectivity index (χ1) is 6.09. The van der Waals surface area contributed by atoms with Gasteiger partial charge in [-0.05, 0) is 19.1 Å². The number of hydrogen-bond acceptors (Lipinski definition) is 3. The van der Waals surface area contributed by atoms with Gasteiger partial charge in [0.2, 0.25) is 0 Å². The van der Waals surface area contributed by atoms with Gasteiger partial charge in [0, 0.05) is 17.5 Å². The Labute approximate surface area is 87.9 Å². The summed E-state index contributed by atoms with van der Waals surface area (Å²) in [5, 5.41) is 2.00. The van der Waals surface area contributed by atoms with Crippen LogP contribution >= 0.6 is 23.4 Å². The average Bonchev–Trinajstić information content (AvgIpc) is 2.08. The lowest BCUT2D eigenvalue weighted by molar-refractivity contribution is 0.729. The third kappa shape index (κ3) is 3.55. The first kappa shape index (κ1) is 10.8. The average molecular weight is 217 g/mol. The van der Waals surface area contributed by atoms with Gasteiger partial charge >= 0.3 is 0 Å². The highest BCUT2D eigenvalue weighted by molar-refractivity contribution is 7.99. The zero-order chi connectivity index (χ0) is 9.84. The summed E-state index contributed by atoms with van der Waals surface area (Å²) in [7, 11) is 0. The summed E-state index contributed by atoms with van der Waals surface area (Å²) >= 11 is 7.38. The number of nitrogens with two attached hydrogens (primary N) is 1. The van der Waals surface area contributed by atoms with E-state index in [0.717, 1.165) is 5.03 Å². The first-order valence-corrected chi connectivity index (χ1v) is 5.39. The number of hydrogen-bond donors (Lipinski definition) is 1. The van der Waals surface area contributed by atoms with Gasteiger partial charge in [0.25, 0.3) is 0 Å². The van der Waals surface area contributed by atoms with E-state index in [4.69, 9.17) is 17.3 Å². The van der Waals surface area contributed by atoms with Gasteiger partial charge in [0.05, 0.1) is 10.0 Å². The molecule has 0 fully saturated rings. The van der Waals surface area contributed by atoms with Gasteiger partial charge in [-0.3, -0.25) is 0 Å². The Hall–Kier alpha value is -0.250. The van der Waals surface area contributed by atoms with E-state index in [1.807, 2.05) is 19.1 Å². The van der Waals surface area contributed by atoms with Crippen LogP contribution in [0.2, 0.25) is 5.02 Å². The molecule has 0 saturated carbocycles. The Morgan fingerprint density at radius 1 is 1.46 bits per heavy atom. The van der Waals surface area contributed by atoms with Crippen LogP contribution in [-0.2, 0) is 0 Å². The smallest absolute Gasteiger partial charge is 0.0964 e. The van der Waals surface area contributed by atoms with Crippen LogP contribution in [0.1, 0.15) is 13.8 Å². The molecule has 2 N–H and O–H groups in total. The molecule has 2 atom stereocenters. The summed E-state index contributed by atoms with van der Waals surface area (Å²) < 4.78 is 0. The van der Waals surface area contributed by atoms with E-state index in [-0.39, 0.29) is 6.04 Å². The van der Waals surface area contributed by atoms with Crippen LogP contribution < -0.4 is 5.73 Å². The van der Waals surface area contributed by atoms with E-state index in [1.165, 1.54) is 0 Å². The maximum atomic E-state index is 5.74. The van der Waals surface area contributed by atoms with Gasteiger partial charge in [-0.15, -0.1) is 11.8 Å². The van der Waals surface area contributed by atoms with Crippen molar-refractivity contribution >= 4 is 23.4 Å². The monoisotopic (exact) mass is 216 g/mol. The SMILES string of the molecule is CC(N)C(C)Sc1ccc(Cl)cn1. The van der Waals surface area contributed by atoms with Gasteiger partial charge < -0.3 is 5.73 Å². The van der Waals surface area contributed by atoms with E-state index in [0.29, 0.717) is 10.3 Å². The number of nitrogens with zero attached hydrogens (tertiary/aromatic N) is 1. The molecule has 0 aliphatic carbocycles. The molecule has 0 aromatic carbocycles. The fraction of sp³-hybridized carbons (Fsp3) is 0.444. The minimum Gasteiger partial charge on any atom is -0.327 e. The molecule has 2 unspecified atom stereocenters. The predicted molar refractivity (Wildman–Crippen MR) is 58.2 cm³/mol. The third-order valence-corrected chi connectivity index (χ3v) is 3.25. The molecular weight excluding hydrogens is 204 g/mol. The largest absolute Gasteiger partial charge is 0.327 e. The van der Waals surface area contributed by atoms with E-state index in [9.17, 15) is 0 Å². The number of thioether (sulfide) groups is 1. The molecule has 0 bridgehead atoms. The highest BCUT2D eigenvalue weighted by atomic mass is 35.5. The number of pyridine rings is 1. The molecule has 1 heterocycles. The molecule has 4 heteroatoms. The van der Waals surface area contributed by atoms with E-state index in [2.05, 4.69) is 11.9 Å². The van der Waals surface area contributed by atoms with Gasteiger partial charge in [0.15, 0.2) is 0 Å². The maximum Gasteiger partial charge on any atom is 0.0964 e. The highest BCUT2D eigenvalue weighted by Gasteiger charge is 2.09. The molecular formula is C9H13ClN2S. The molecule has 1 aromatic rings. The Balaban J connectivity index is 2.59. The second-order valence-electron chi connectivity index (χ2n) is 3.00. The molecule has 0 aliphatic rings. The number of rotatable bonds is 3. The lowest BCUT2D eigenvalue weighted by Gasteiger charge is -2.13. The van der Waals surface area contributed by atoms with Crippen LogP contribution in [0.4, 0.5) is 0 Å². The minimum atomic E-state index is 0.169. The lowest BCUT2D eigenvalue weighted by Crippen LogP contribution is -2.26. The predicted octanol–water partition coefficient (Wildman–Crippen LogP) is 2.56. The summed E-state index contributed by atoms with van der Waals surface area (Å²) in [5.74, 6) is 0. The Morgan fingerprint density at radius 3 is 2.62 bits per heavy atom. The van der Waals surface area contributed by atoms with E-state index < -0.39 is 0 Å². The zero-order valence-electron chi connectivity index (χ0n) is 7.70. The number of halogens is 1. The molecule has 1 rings (SSSR count). The van der Waals surface area contributed by atoms with E-state index in [1.54, 1.807) is 18.0 Å². The topological polar surface area (TPSA) is 38.9 Å². The molecule has 0 radical (unpaired) electrons. The van der Waals surface area contributed by atoms with Gasteiger partial charge in [-0.1, -0.05) is 18.5 Å². The van der Waals surface area contributed by atoms with Crippen LogP contribution in [-0.4, -0.2) is 16.3 Å². The third-order valence-electron chi connectivity index (χ3n) is 1.75. The molecule has 2 nitrogen and oxygen atoms in total. The Kier molecular flexibility index (Phi) is 4.03. The van der Waals surface area contributed by atoms with Crippen LogP contribution in [0.15, 0.2) is 23.4 Å². The molecule has 13 heavy (non-hydrogen) atoms. The van der Waals surface area contributed by atoms with Crippen molar-refractivity contribution in [1.29, 1.82) is 0 Å². The van der Waals surface area contributed by atoms with E-state index >= 15 is 0 Å².